The van der Waals surface area contributed by atoms with Gasteiger partial charge in [-0.2, -0.15) is 4.31 Å². The average molecular weight is 418 g/mol. The van der Waals surface area contributed by atoms with E-state index in [1.165, 1.54) is 22.0 Å². The van der Waals surface area contributed by atoms with Crippen LogP contribution in [0.15, 0.2) is 53.4 Å². The summed E-state index contributed by atoms with van der Waals surface area (Å²) in [5, 5.41) is 0. The number of amides is 1. The van der Waals surface area contributed by atoms with Crippen molar-refractivity contribution in [3.63, 3.8) is 0 Å². The highest BCUT2D eigenvalue weighted by Gasteiger charge is 2.35. The SMILES string of the molecule is C[C@H](C(=O)N1CCc2ccccc21)N1CCN(S(=O)(=O)c2ccc(F)cc2)CC1. The zero-order valence-electron chi connectivity index (χ0n) is 16.3. The van der Waals surface area contributed by atoms with Gasteiger partial charge in [0.25, 0.3) is 0 Å². The van der Waals surface area contributed by atoms with Crippen LogP contribution in [0, 0.1) is 5.82 Å². The number of fused-ring (bicyclic) bond motifs is 1. The molecule has 0 radical (unpaired) electrons. The Morgan fingerprint density at radius 2 is 1.62 bits per heavy atom. The topological polar surface area (TPSA) is 60.9 Å². The minimum atomic E-state index is -3.66. The van der Waals surface area contributed by atoms with Crippen molar-refractivity contribution in [2.45, 2.75) is 24.3 Å². The Kier molecular flexibility index (Phi) is 5.42. The molecule has 0 N–H and O–H groups in total. The third-order valence-corrected chi connectivity index (χ3v) is 7.70. The van der Waals surface area contributed by atoms with Crippen molar-refractivity contribution in [2.24, 2.45) is 0 Å². The highest BCUT2D eigenvalue weighted by Crippen LogP contribution is 2.29. The molecule has 2 aromatic carbocycles. The fourth-order valence-corrected chi connectivity index (χ4v) is 5.46. The summed E-state index contributed by atoms with van der Waals surface area (Å²) in [6, 6.07) is 12.5. The molecule has 2 aromatic rings. The van der Waals surface area contributed by atoms with E-state index in [1.54, 1.807) is 0 Å². The van der Waals surface area contributed by atoms with E-state index in [0.717, 1.165) is 24.2 Å². The van der Waals surface area contributed by atoms with Crippen molar-refractivity contribution in [1.29, 1.82) is 0 Å². The molecule has 0 aliphatic carbocycles. The number of carbonyl (C=O) groups excluding carboxylic acids is 1. The molecule has 0 spiro atoms. The van der Waals surface area contributed by atoms with E-state index in [0.29, 0.717) is 32.7 Å². The lowest BCUT2D eigenvalue weighted by Gasteiger charge is -2.38. The van der Waals surface area contributed by atoms with Crippen LogP contribution in [0.3, 0.4) is 0 Å². The Bertz CT molecular complexity index is 1000. The maximum absolute atomic E-state index is 13.1. The molecule has 0 saturated carbocycles. The van der Waals surface area contributed by atoms with Crippen molar-refractivity contribution >= 4 is 21.6 Å². The smallest absolute Gasteiger partial charge is 0.244 e. The minimum Gasteiger partial charge on any atom is -0.310 e. The van der Waals surface area contributed by atoms with E-state index in [4.69, 9.17) is 0 Å². The maximum Gasteiger partial charge on any atom is 0.244 e. The van der Waals surface area contributed by atoms with Crippen molar-refractivity contribution < 1.29 is 17.6 Å². The number of piperazine rings is 1. The average Bonchev–Trinajstić information content (AvgIpc) is 3.17. The van der Waals surface area contributed by atoms with Crippen molar-refractivity contribution in [1.82, 2.24) is 9.21 Å². The van der Waals surface area contributed by atoms with Crippen LogP contribution in [0.5, 0.6) is 0 Å². The Labute approximate surface area is 170 Å². The molecule has 2 heterocycles. The minimum absolute atomic E-state index is 0.0461. The van der Waals surface area contributed by atoms with Gasteiger partial charge < -0.3 is 4.90 Å². The van der Waals surface area contributed by atoms with Crippen LogP contribution < -0.4 is 4.90 Å². The summed E-state index contributed by atoms with van der Waals surface area (Å²) >= 11 is 0. The van der Waals surface area contributed by atoms with Gasteiger partial charge in [-0.1, -0.05) is 18.2 Å². The highest BCUT2D eigenvalue weighted by molar-refractivity contribution is 7.89. The fraction of sp³-hybridized carbons (Fsp3) is 0.381. The number of carbonyl (C=O) groups is 1. The largest absolute Gasteiger partial charge is 0.310 e. The third-order valence-electron chi connectivity index (χ3n) is 5.78. The molecule has 2 aliphatic heterocycles. The first-order valence-electron chi connectivity index (χ1n) is 9.77. The molecule has 1 saturated heterocycles. The Hall–Kier alpha value is -2.29. The van der Waals surface area contributed by atoms with Gasteiger partial charge in [-0.05, 0) is 49.2 Å². The second kappa shape index (κ2) is 7.85. The number of sulfonamides is 1. The van der Waals surface area contributed by atoms with E-state index >= 15 is 0 Å². The van der Waals surface area contributed by atoms with Crippen molar-refractivity contribution in [3.05, 3.63) is 59.9 Å². The van der Waals surface area contributed by atoms with Gasteiger partial charge in [0.15, 0.2) is 0 Å². The lowest BCUT2D eigenvalue weighted by Crippen LogP contribution is -2.55. The zero-order valence-corrected chi connectivity index (χ0v) is 17.1. The molecule has 1 amide bonds. The van der Waals surface area contributed by atoms with Gasteiger partial charge in [0.2, 0.25) is 15.9 Å². The summed E-state index contributed by atoms with van der Waals surface area (Å²) in [7, 11) is -3.66. The van der Waals surface area contributed by atoms with Gasteiger partial charge in [-0.15, -0.1) is 0 Å². The number of nitrogens with zero attached hydrogens (tertiary/aromatic N) is 3. The predicted molar refractivity (Wildman–Crippen MR) is 109 cm³/mol. The predicted octanol–water partition coefficient (Wildman–Crippen LogP) is 2.11. The molecule has 0 aromatic heterocycles. The van der Waals surface area contributed by atoms with Gasteiger partial charge in [0.1, 0.15) is 5.82 Å². The van der Waals surface area contributed by atoms with Gasteiger partial charge >= 0.3 is 0 Å². The van der Waals surface area contributed by atoms with Crippen molar-refractivity contribution in [2.75, 3.05) is 37.6 Å². The molecule has 0 bridgehead atoms. The van der Waals surface area contributed by atoms with Crippen LogP contribution in [-0.4, -0.2) is 62.3 Å². The van der Waals surface area contributed by atoms with E-state index in [9.17, 15) is 17.6 Å². The van der Waals surface area contributed by atoms with E-state index in [-0.39, 0.29) is 16.8 Å². The monoisotopic (exact) mass is 417 g/mol. The van der Waals surface area contributed by atoms with Crippen molar-refractivity contribution in [3.8, 4) is 0 Å². The summed E-state index contributed by atoms with van der Waals surface area (Å²) in [6.07, 6.45) is 0.859. The molecule has 1 fully saturated rings. The number of hydrogen-bond donors (Lipinski definition) is 0. The number of para-hydroxylation sites is 1. The van der Waals surface area contributed by atoms with Crippen LogP contribution in [-0.2, 0) is 21.2 Å². The lowest BCUT2D eigenvalue weighted by molar-refractivity contribution is -0.123. The van der Waals surface area contributed by atoms with E-state index < -0.39 is 15.8 Å². The highest BCUT2D eigenvalue weighted by atomic mass is 32.2. The lowest BCUT2D eigenvalue weighted by atomic mass is 10.1. The standard InChI is InChI=1S/C21H24FN3O3S/c1-16(21(26)25-11-10-17-4-2-3-5-20(17)25)23-12-14-24(15-13-23)29(27,28)19-8-6-18(22)7-9-19/h2-9,16H,10-15H2,1H3/t16-/m1/s1. The summed E-state index contributed by atoms with van der Waals surface area (Å²) in [5.41, 5.74) is 2.16. The van der Waals surface area contributed by atoms with Gasteiger partial charge in [0, 0.05) is 38.4 Å². The number of halogens is 1. The van der Waals surface area contributed by atoms with E-state index in [1.807, 2.05) is 41.0 Å². The molecule has 6 nitrogen and oxygen atoms in total. The summed E-state index contributed by atoms with van der Waals surface area (Å²) in [5.74, 6) is -0.422. The summed E-state index contributed by atoms with van der Waals surface area (Å²) < 4.78 is 40.0. The Morgan fingerprint density at radius 3 is 2.31 bits per heavy atom. The molecular weight excluding hydrogens is 393 g/mol. The molecule has 154 valence electrons. The molecular formula is C21H24FN3O3S. The quantitative estimate of drug-likeness (QED) is 0.765. The van der Waals surface area contributed by atoms with Crippen LogP contribution in [0.25, 0.3) is 0 Å². The second-order valence-corrected chi connectivity index (χ2v) is 9.38. The number of anilines is 1. The van der Waals surface area contributed by atoms with Crippen LogP contribution >= 0.6 is 0 Å². The van der Waals surface area contributed by atoms with E-state index in [2.05, 4.69) is 0 Å². The zero-order chi connectivity index (χ0) is 20.6. The maximum atomic E-state index is 13.1. The molecule has 29 heavy (non-hydrogen) atoms. The summed E-state index contributed by atoms with van der Waals surface area (Å²) in [6.45, 7) is 4.11. The van der Waals surface area contributed by atoms with Gasteiger partial charge in [-0.25, -0.2) is 12.8 Å². The first-order valence-corrected chi connectivity index (χ1v) is 11.2. The fourth-order valence-electron chi connectivity index (χ4n) is 4.04. The first kappa shape index (κ1) is 20.0. The molecule has 1 atom stereocenters. The normalized spacial score (nSPS) is 19.2. The molecule has 4 rings (SSSR count). The number of benzene rings is 2. The first-order chi connectivity index (χ1) is 13.9. The molecule has 0 unspecified atom stereocenters. The Balaban J connectivity index is 1.40. The number of rotatable bonds is 4. The van der Waals surface area contributed by atoms with Gasteiger partial charge in [-0.3, -0.25) is 9.69 Å². The molecule has 8 heteroatoms. The summed E-state index contributed by atoms with van der Waals surface area (Å²) in [4.78, 5) is 17.0. The van der Waals surface area contributed by atoms with Gasteiger partial charge in [0.05, 0.1) is 10.9 Å². The number of hydrogen-bond acceptors (Lipinski definition) is 4. The van der Waals surface area contributed by atoms with Crippen LogP contribution in [0.4, 0.5) is 10.1 Å². The second-order valence-electron chi connectivity index (χ2n) is 7.44. The third kappa shape index (κ3) is 3.80. The van der Waals surface area contributed by atoms with Crippen LogP contribution in [0.2, 0.25) is 0 Å². The van der Waals surface area contributed by atoms with Crippen LogP contribution in [0.1, 0.15) is 12.5 Å². The Morgan fingerprint density at radius 1 is 0.966 bits per heavy atom. The molecule has 2 aliphatic rings.